The maximum Gasteiger partial charge on any atom is 0.213 e. The van der Waals surface area contributed by atoms with E-state index < -0.39 is 0 Å². The predicted octanol–water partition coefficient (Wildman–Crippen LogP) is 3.04. The molecule has 0 aliphatic rings. The van der Waals surface area contributed by atoms with Crippen LogP contribution in [0.5, 0.6) is 5.88 Å². The van der Waals surface area contributed by atoms with Crippen LogP contribution in [-0.4, -0.2) is 31.3 Å². The molecule has 0 radical (unpaired) electrons. The molecule has 0 fully saturated rings. The number of ether oxygens (including phenoxy) is 2. The summed E-state index contributed by atoms with van der Waals surface area (Å²) >= 11 is 6.09. The first-order valence-corrected chi connectivity index (χ1v) is 7.21. The Bertz CT molecular complexity index is 361. The highest BCUT2D eigenvalue weighted by Crippen LogP contribution is 2.19. The molecule has 0 amide bonds. The standard InChI is InChI=1S/C14H23ClN2O2/c1-3-5-16-10-12-9-14(17-11-13(12)15)19-8-7-18-6-4-2/h9,11,16H,3-8,10H2,1-2H3. The second-order valence-electron chi connectivity index (χ2n) is 4.25. The van der Waals surface area contributed by atoms with E-state index in [1.165, 1.54) is 0 Å². The molecule has 108 valence electrons. The van der Waals surface area contributed by atoms with Gasteiger partial charge in [-0.15, -0.1) is 0 Å². The Labute approximate surface area is 120 Å². The lowest BCUT2D eigenvalue weighted by atomic mass is 10.2. The van der Waals surface area contributed by atoms with Crippen molar-refractivity contribution in [1.82, 2.24) is 10.3 Å². The van der Waals surface area contributed by atoms with Gasteiger partial charge in [0.1, 0.15) is 6.61 Å². The molecule has 0 atom stereocenters. The zero-order chi connectivity index (χ0) is 13.9. The van der Waals surface area contributed by atoms with E-state index in [0.717, 1.165) is 38.1 Å². The van der Waals surface area contributed by atoms with E-state index in [0.29, 0.717) is 24.1 Å². The molecular weight excluding hydrogens is 264 g/mol. The lowest BCUT2D eigenvalue weighted by Crippen LogP contribution is -2.14. The van der Waals surface area contributed by atoms with E-state index in [9.17, 15) is 0 Å². The third kappa shape index (κ3) is 6.76. The summed E-state index contributed by atoms with van der Waals surface area (Å²) in [5, 5.41) is 3.98. The summed E-state index contributed by atoms with van der Waals surface area (Å²) in [6, 6.07) is 1.88. The minimum atomic E-state index is 0.510. The van der Waals surface area contributed by atoms with Gasteiger partial charge in [-0.25, -0.2) is 4.98 Å². The molecule has 1 heterocycles. The number of rotatable bonds is 10. The van der Waals surface area contributed by atoms with Crippen LogP contribution in [0.2, 0.25) is 5.02 Å². The summed E-state index contributed by atoms with van der Waals surface area (Å²) in [4.78, 5) is 4.15. The van der Waals surface area contributed by atoms with Gasteiger partial charge >= 0.3 is 0 Å². The fraction of sp³-hybridized carbons (Fsp3) is 0.643. The quantitative estimate of drug-likeness (QED) is 0.672. The average molecular weight is 287 g/mol. The average Bonchev–Trinajstić information content (AvgIpc) is 2.42. The van der Waals surface area contributed by atoms with Crippen LogP contribution in [0.15, 0.2) is 12.3 Å². The Hall–Kier alpha value is -0.840. The second kappa shape index (κ2) is 10.0. The largest absolute Gasteiger partial charge is 0.475 e. The zero-order valence-corrected chi connectivity index (χ0v) is 12.5. The molecule has 0 aliphatic heterocycles. The minimum absolute atomic E-state index is 0.510. The summed E-state index contributed by atoms with van der Waals surface area (Å²) < 4.78 is 10.9. The van der Waals surface area contributed by atoms with Crippen LogP contribution >= 0.6 is 11.6 Å². The smallest absolute Gasteiger partial charge is 0.213 e. The first kappa shape index (κ1) is 16.2. The molecule has 19 heavy (non-hydrogen) atoms. The van der Waals surface area contributed by atoms with E-state index in [4.69, 9.17) is 21.1 Å². The highest BCUT2D eigenvalue weighted by Gasteiger charge is 2.04. The molecule has 0 aliphatic carbocycles. The molecule has 0 saturated carbocycles. The second-order valence-corrected chi connectivity index (χ2v) is 4.66. The maximum absolute atomic E-state index is 6.09. The molecule has 1 rings (SSSR count). The van der Waals surface area contributed by atoms with Crippen LogP contribution in [-0.2, 0) is 11.3 Å². The summed E-state index contributed by atoms with van der Waals surface area (Å²) in [7, 11) is 0. The van der Waals surface area contributed by atoms with Gasteiger partial charge in [-0.05, 0) is 24.9 Å². The summed E-state index contributed by atoms with van der Waals surface area (Å²) in [6.45, 7) is 7.78. The van der Waals surface area contributed by atoms with Crippen molar-refractivity contribution in [2.45, 2.75) is 33.2 Å². The Kier molecular flexibility index (Phi) is 8.54. The van der Waals surface area contributed by atoms with Crippen LogP contribution < -0.4 is 10.1 Å². The maximum atomic E-state index is 6.09. The number of halogens is 1. The van der Waals surface area contributed by atoms with Crippen LogP contribution in [0, 0.1) is 0 Å². The highest BCUT2D eigenvalue weighted by molar-refractivity contribution is 6.31. The van der Waals surface area contributed by atoms with Gasteiger partial charge < -0.3 is 14.8 Å². The van der Waals surface area contributed by atoms with Gasteiger partial charge in [-0.1, -0.05) is 25.4 Å². The van der Waals surface area contributed by atoms with Gasteiger partial charge in [0.25, 0.3) is 0 Å². The molecule has 1 aromatic heterocycles. The molecule has 5 heteroatoms. The van der Waals surface area contributed by atoms with E-state index >= 15 is 0 Å². The van der Waals surface area contributed by atoms with E-state index in [2.05, 4.69) is 24.1 Å². The van der Waals surface area contributed by atoms with Gasteiger partial charge in [0, 0.05) is 25.4 Å². The topological polar surface area (TPSA) is 43.4 Å². The Balaban J connectivity index is 2.39. The molecule has 0 saturated heterocycles. The number of nitrogens with one attached hydrogen (secondary N) is 1. The van der Waals surface area contributed by atoms with Gasteiger partial charge in [-0.2, -0.15) is 0 Å². The van der Waals surface area contributed by atoms with Gasteiger partial charge in [0.15, 0.2) is 0 Å². The van der Waals surface area contributed by atoms with E-state index in [-0.39, 0.29) is 0 Å². The summed E-state index contributed by atoms with van der Waals surface area (Å²) in [6.07, 6.45) is 3.75. The van der Waals surface area contributed by atoms with Crippen molar-refractivity contribution in [2.75, 3.05) is 26.4 Å². The van der Waals surface area contributed by atoms with Crippen molar-refractivity contribution in [3.8, 4) is 5.88 Å². The van der Waals surface area contributed by atoms with Crippen LogP contribution in [0.4, 0.5) is 0 Å². The monoisotopic (exact) mass is 286 g/mol. The van der Waals surface area contributed by atoms with Crippen molar-refractivity contribution in [3.05, 3.63) is 22.8 Å². The fourth-order valence-electron chi connectivity index (χ4n) is 1.52. The van der Waals surface area contributed by atoms with Gasteiger partial charge in [0.2, 0.25) is 5.88 Å². The zero-order valence-electron chi connectivity index (χ0n) is 11.7. The molecule has 1 N–H and O–H groups in total. The first-order valence-electron chi connectivity index (χ1n) is 6.83. The third-order valence-electron chi connectivity index (χ3n) is 2.48. The van der Waals surface area contributed by atoms with Crippen molar-refractivity contribution < 1.29 is 9.47 Å². The van der Waals surface area contributed by atoms with Crippen LogP contribution in [0.1, 0.15) is 32.3 Å². The summed E-state index contributed by atoms with van der Waals surface area (Å²) in [5.74, 6) is 0.595. The SMILES string of the molecule is CCCNCc1cc(OCCOCCC)ncc1Cl. The molecule has 0 bridgehead atoms. The van der Waals surface area contributed by atoms with Gasteiger partial charge in [0.05, 0.1) is 11.6 Å². The number of hydrogen-bond acceptors (Lipinski definition) is 4. The Morgan fingerprint density at radius 3 is 2.79 bits per heavy atom. The Morgan fingerprint density at radius 2 is 2.05 bits per heavy atom. The van der Waals surface area contributed by atoms with Crippen LogP contribution in [0.25, 0.3) is 0 Å². The first-order chi connectivity index (χ1) is 9.27. The lowest BCUT2D eigenvalue weighted by molar-refractivity contribution is 0.0990. The molecule has 4 nitrogen and oxygen atoms in total. The lowest BCUT2D eigenvalue weighted by Gasteiger charge is -2.09. The van der Waals surface area contributed by atoms with E-state index in [1.54, 1.807) is 6.20 Å². The van der Waals surface area contributed by atoms with Crippen LogP contribution in [0.3, 0.4) is 0 Å². The Morgan fingerprint density at radius 1 is 1.21 bits per heavy atom. The van der Waals surface area contributed by atoms with Crippen molar-refractivity contribution in [2.24, 2.45) is 0 Å². The van der Waals surface area contributed by atoms with Gasteiger partial charge in [-0.3, -0.25) is 0 Å². The molecule has 1 aromatic rings. The van der Waals surface area contributed by atoms with Crippen molar-refractivity contribution >= 4 is 11.6 Å². The van der Waals surface area contributed by atoms with Crippen molar-refractivity contribution in [3.63, 3.8) is 0 Å². The number of pyridine rings is 1. The third-order valence-corrected chi connectivity index (χ3v) is 2.82. The predicted molar refractivity (Wildman–Crippen MR) is 77.8 cm³/mol. The molecule has 0 unspecified atom stereocenters. The normalized spacial score (nSPS) is 10.7. The number of hydrogen-bond donors (Lipinski definition) is 1. The molecular formula is C14H23ClN2O2. The highest BCUT2D eigenvalue weighted by atomic mass is 35.5. The minimum Gasteiger partial charge on any atom is -0.475 e. The fourth-order valence-corrected chi connectivity index (χ4v) is 1.69. The molecule has 0 aromatic carbocycles. The van der Waals surface area contributed by atoms with Crippen molar-refractivity contribution in [1.29, 1.82) is 0 Å². The number of nitrogens with zero attached hydrogens (tertiary/aromatic N) is 1. The summed E-state index contributed by atoms with van der Waals surface area (Å²) in [5.41, 5.74) is 1.01. The van der Waals surface area contributed by atoms with E-state index in [1.807, 2.05) is 6.07 Å². The number of aromatic nitrogens is 1. The molecule has 0 spiro atoms.